The van der Waals surface area contributed by atoms with E-state index in [2.05, 4.69) is 106 Å². The van der Waals surface area contributed by atoms with Gasteiger partial charge >= 0.3 is 0 Å². The van der Waals surface area contributed by atoms with E-state index in [1.165, 1.54) is 30.9 Å². The molecule has 1 aliphatic heterocycles. The monoisotopic (exact) mass is 1380 g/mol. The zero-order valence-electron chi connectivity index (χ0n) is 54.8. The number of aliphatic hydroxyl groups excluding tert-OH is 1. The van der Waals surface area contributed by atoms with Gasteiger partial charge < -0.3 is 51.2 Å². The number of nitrogens with zero attached hydrogens (tertiary/aromatic N) is 7. The van der Waals surface area contributed by atoms with E-state index in [9.17, 15) is 29.7 Å². The highest BCUT2D eigenvalue weighted by Gasteiger charge is 2.36. The van der Waals surface area contributed by atoms with Crippen LogP contribution >= 0.6 is 34.4 Å². The van der Waals surface area contributed by atoms with E-state index in [1.807, 2.05) is 74.8 Å². The van der Waals surface area contributed by atoms with E-state index < -0.39 is 5.91 Å². The molecule has 19 nitrogen and oxygen atoms in total. The number of phenols is 2. The third-order valence-corrected chi connectivity index (χ3v) is 19.5. The van der Waals surface area contributed by atoms with Crippen LogP contribution < -0.4 is 26.8 Å². The number of ketones is 1. The summed E-state index contributed by atoms with van der Waals surface area (Å²) in [6.45, 7) is 24.8. The zero-order chi connectivity index (χ0) is 66.2. The Hall–Kier alpha value is -7.31. The molecule has 490 valence electrons. The second-order valence-corrected chi connectivity index (χ2v) is 29.0. The molecule has 9 N–H and O–H groups in total. The Morgan fingerprint density at radius 2 is 1.66 bits per heavy atom. The van der Waals surface area contributed by atoms with Crippen LogP contribution in [0.2, 0.25) is 0 Å². The summed E-state index contributed by atoms with van der Waals surface area (Å²) in [7, 11) is 1.68. The Kier molecular flexibility index (Phi) is 22.7. The lowest BCUT2D eigenvalue weighted by Gasteiger charge is -2.29. The number of halogens is 1. The van der Waals surface area contributed by atoms with Gasteiger partial charge in [-0.1, -0.05) is 96.1 Å². The van der Waals surface area contributed by atoms with E-state index in [1.54, 1.807) is 37.2 Å². The number of aromatic nitrogens is 6. The Labute approximate surface area is 558 Å². The largest absolute Gasteiger partial charge is 0.508 e. The number of carbonyl (C=O) groups excluding carboxylic acids is 3. The molecule has 0 bridgehead atoms. The van der Waals surface area contributed by atoms with Gasteiger partial charge in [0.05, 0.1) is 52.5 Å². The quantitative estimate of drug-likeness (QED) is 0.0311. The van der Waals surface area contributed by atoms with Crippen molar-refractivity contribution in [2.45, 2.75) is 162 Å². The van der Waals surface area contributed by atoms with E-state index >= 15 is 0 Å². The molecule has 0 spiro atoms. The number of Topliss-reactive ketones (excluding diaryl/α,β-unsaturated/α-hetero) is 1. The summed E-state index contributed by atoms with van der Waals surface area (Å²) in [6.07, 6.45) is 10.9. The summed E-state index contributed by atoms with van der Waals surface area (Å²) in [6, 6.07) is 24.8. The first-order chi connectivity index (χ1) is 43.8. The van der Waals surface area contributed by atoms with Crippen molar-refractivity contribution in [3.05, 3.63) is 134 Å². The van der Waals surface area contributed by atoms with Crippen molar-refractivity contribution in [2.75, 3.05) is 45.6 Å². The van der Waals surface area contributed by atoms with Gasteiger partial charge in [0.25, 0.3) is 5.91 Å². The summed E-state index contributed by atoms with van der Waals surface area (Å²) < 4.78 is 16.3. The average molecular weight is 1380 g/mol. The predicted molar refractivity (Wildman–Crippen MR) is 371 cm³/mol. The minimum Gasteiger partial charge on any atom is -0.508 e. The molecule has 5 heterocycles. The molecule has 0 atom stereocenters. The molecule has 0 unspecified atom stereocenters. The predicted octanol–water partition coefficient (Wildman–Crippen LogP) is 13.2. The van der Waals surface area contributed by atoms with Crippen LogP contribution in [0.4, 0.5) is 5.82 Å². The van der Waals surface area contributed by atoms with Gasteiger partial charge in [-0.2, -0.15) is 5.10 Å². The maximum atomic E-state index is 12.8. The molecule has 4 aromatic heterocycles. The summed E-state index contributed by atoms with van der Waals surface area (Å²) in [5.74, 6) is 1.31. The number of benzene rings is 4. The van der Waals surface area contributed by atoms with Crippen molar-refractivity contribution in [1.82, 2.24) is 45.0 Å². The lowest BCUT2D eigenvalue weighted by atomic mass is 9.75. The third-order valence-electron chi connectivity index (χ3n) is 17.2. The van der Waals surface area contributed by atoms with E-state index in [4.69, 9.17) is 30.8 Å². The topological polar surface area (TPSA) is 275 Å². The third kappa shape index (κ3) is 16.9. The molecule has 11 rings (SSSR count). The molecule has 92 heavy (non-hydrogen) atoms. The SMILES string of the molecule is CCNC(=O)c1noc(-c2cc(C(C)C)c(O)cc2O)c1-c1ccc(CN2CCCCC2)cc1.COc1ccc(I)c(Sc2nc3c(N)nccc3n2CCNCC(C)(C)C)c1.Cc1nn(-c2ccc(C(N)=O)c(CC3CCC(O)CC3)c2)c2c1C(=O)CC(C)(C)C2. The number of aromatic hydroxyl groups is 2. The van der Waals surface area contributed by atoms with Crippen LogP contribution in [0.1, 0.15) is 172 Å². The van der Waals surface area contributed by atoms with Crippen molar-refractivity contribution in [3.63, 3.8) is 0 Å². The molecule has 2 amide bonds. The van der Waals surface area contributed by atoms with E-state index in [0.29, 0.717) is 52.7 Å². The number of primary amides is 1. The highest BCUT2D eigenvalue weighted by molar-refractivity contribution is 14.1. The average Bonchev–Trinajstić information content (AvgIpc) is 1.61. The van der Waals surface area contributed by atoms with Gasteiger partial charge in [0, 0.05) is 65.4 Å². The number of nitrogens with two attached hydrogens (primary N) is 2. The fraction of sp³-hybridized carbons (Fsp3) is 0.451. The number of fused-ring (bicyclic) bond motifs is 2. The van der Waals surface area contributed by atoms with Crippen molar-refractivity contribution in [1.29, 1.82) is 0 Å². The van der Waals surface area contributed by atoms with Crippen molar-refractivity contribution < 1.29 is 39.0 Å². The van der Waals surface area contributed by atoms with Crippen LogP contribution in [-0.2, 0) is 25.9 Å². The molecule has 2 aliphatic carbocycles. The number of hydrogen-bond acceptors (Lipinski definition) is 16. The number of hydrogen-bond donors (Lipinski definition) is 7. The van der Waals surface area contributed by atoms with Gasteiger partial charge in [0.2, 0.25) is 5.91 Å². The van der Waals surface area contributed by atoms with Crippen LogP contribution in [0.5, 0.6) is 17.2 Å². The first kappa shape index (κ1) is 69.0. The fourth-order valence-electron chi connectivity index (χ4n) is 12.5. The number of carbonyl (C=O) groups is 3. The molecular formula is C71H90IN11O8S. The fourth-order valence-corrected chi connectivity index (χ4v) is 14.1. The van der Waals surface area contributed by atoms with Gasteiger partial charge in [-0.3, -0.25) is 19.3 Å². The first-order valence-corrected chi connectivity index (χ1v) is 33.9. The molecule has 1 saturated carbocycles. The molecule has 1 saturated heterocycles. The van der Waals surface area contributed by atoms with Crippen molar-refractivity contribution >= 4 is 68.8 Å². The molecule has 2 fully saturated rings. The van der Waals surface area contributed by atoms with Gasteiger partial charge in [0.1, 0.15) is 22.8 Å². The first-order valence-electron chi connectivity index (χ1n) is 32.0. The summed E-state index contributed by atoms with van der Waals surface area (Å²) in [4.78, 5) is 50.1. The number of likely N-dealkylation sites (tertiary alicyclic amines) is 1. The number of nitrogen functional groups attached to an aromatic ring is 1. The number of anilines is 1. The molecule has 3 aliphatic rings. The Balaban J connectivity index is 0.000000164. The smallest absolute Gasteiger partial charge is 0.274 e. The zero-order valence-corrected chi connectivity index (χ0v) is 57.8. The van der Waals surface area contributed by atoms with E-state index in [0.717, 1.165) is 142 Å². The highest BCUT2D eigenvalue weighted by Crippen LogP contribution is 2.44. The lowest BCUT2D eigenvalue weighted by molar-refractivity contribution is 0.0907. The maximum Gasteiger partial charge on any atom is 0.274 e. The molecule has 0 radical (unpaired) electrons. The Morgan fingerprint density at radius 3 is 2.34 bits per heavy atom. The standard InChI is InChI=1S/C27H33N3O4.C24H31N3O3.C20H26IN5OS/c1-4-28-27(33)25-24(19-10-8-18(9-11-19)16-30-12-6-5-7-13-30)26(34-29-25)21-14-20(17(2)3)22(31)15-23(21)32;1-14-22-20(12-24(2,3)13-21(22)29)27(26-14)17-6-9-19(23(25)30)16(11-17)10-15-4-7-18(28)8-5-15;1-20(2,3)12-23-9-10-26-15-7-8-24-18(22)17(15)25-19(26)28-16-11-13(27-4)5-6-14(16)21/h8-11,14-15,17,31-32H,4-7,12-13,16H2,1-3H3,(H,28,33);6,9,11,15,18,28H,4-5,7-8,10,12-13H2,1-3H3,(H2,25,30);5-8,11,23H,9-10,12H2,1-4H3,(H2,22,24). The number of imidazole rings is 1. The minimum absolute atomic E-state index is 0.0170. The summed E-state index contributed by atoms with van der Waals surface area (Å²) in [5, 5.41) is 46.7. The van der Waals surface area contributed by atoms with Crippen LogP contribution in [-0.4, -0.2) is 113 Å². The number of rotatable bonds is 18. The molecule has 21 heteroatoms. The highest BCUT2D eigenvalue weighted by atomic mass is 127. The van der Waals surface area contributed by atoms with Gasteiger partial charge in [0.15, 0.2) is 28.2 Å². The normalized spacial score (nSPS) is 16.6. The number of ether oxygens (including phenoxy) is 1. The second kappa shape index (κ2) is 30.2. The maximum absolute atomic E-state index is 12.8. The number of pyridine rings is 1. The summed E-state index contributed by atoms with van der Waals surface area (Å²) >= 11 is 3.96. The molecule has 8 aromatic rings. The summed E-state index contributed by atoms with van der Waals surface area (Å²) in [5.41, 5.74) is 22.1. The van der Waals surface area contributed by atoms with Crippen LogP contribution in [0.25, 0.3) is 39.2 Å². The Bertz CT molecular complexity index is 3910. The lowest BCUT2D eigenvalue weighted by Crippen LogP contribution is -2.29. The number of phenolic OH excluding ortho intramolecular Hbond substituents is 2. The van der Waals surface area contributed by atoms with Crippen molar-refractivity contribution in [3.8, 4) is 45.4 Å². The Morgan fingerprint density at radius 1 is 0.935 bits per heavy atom. The van der Waals surface area contributed by atoms with Crippen molar-refractivity contribution in [2.24, 2.45) is 22.5 Å². The number of nitrogens with one attached hydrogen (secondary N) is 2. The van der Waals surface area contributed by atoms with Gasteiger partial charge in [-0.05, 0) is 194 Å². The number of aryl methyl sites for hydroxylation is 1. The molecule has 4 aromatic carbocycles. The number of aliphatic hydroxyl groups is 1. The van der Waals surface area contributed by atoms with Crippen LogP contribution in [0.3, 0.4) is 0 Å². The number of methoxy groups -OCH3 is 1. The number of piperidine rings is 1. The van der Waals surface area contributed by atoms with E-state index in [-0.39, 0.29) is 51.7 Å². The van der Waals surface area contributed by atoms with Crippen LogP contribution in [0.15, 0.2) is 99.6 Å². The second-order valence-electron chi connectivity index (χ2n) is 26.8. The molecular weight excluding hydrogens is 1290 g/mol. The van der Waals surface area contributed by atoms with Gasteiger partial charge in [-0.15, -0.1) is 0 Å². The number of amides is 2. The van der Waals surface area contributed by atoms with Crippen LogP contribution in [0, 0.1) is 27.2 Å². The van der Waals surface area contributed by atoms with Gasteiger partial charge in [-0.25, -0.2) is 14.6 Å². The minimum atomic E-state index is -0.428.